The van der Waals surface area contributed by atoms with E-state index in [1.165, 1.54) is 91.4 Å². The van der Waals surface area contributed by atoms with Gasteiger partial charge in [-0.1, -0.05) is 129 Å². The Morgan fingerprint density at radius 2 is 1.19 bits per heavy atom. The van der Waals surface area contributed by atoms with E-state index in [1.807, 2.05) is 11.3 Å². The second-order valence-electron chi connectivity index (χ2n) is 15.2. The topological polar surface area (TPSA) is 17.3 Å². The summed E-state index contributed by atoms with van der Waals surface area (Å²) in [5, 5.41) is 10.1. The smallest absolute Gasteiger partial charge is 0.156 e. The van der Waals surface area contributed by atoms with E-state index in [9.17, 15) is 0 Å². The molecule has 11 aromatic rings. The molecular formula is C50H32N2S. The van der Waals surface area contributed by atoms with Crippen LogP contribution in [0.5, 0.6) is 0 Å². The minimum atomic E-state index is 0.00147. The van der Waals surface area contributed by atoms with Gasteiger partial charge in [-0.3, -0.25) is 4.40 Å². The van der Waals surface area contributed by atoms with Gasteiger partial charge in [0.15, 0.2) is 5.65 Å². The standard InChI is InChI=1S/C50H32N2S/c1-50(2)41-14-8-7-13-38(41)39-25-34(19-21-42(39)50)29-15-17-31(18-16-29)44-28-40-47-37-12-6-5-9-30(37)20-22-46(47)53-48(40)49-51-43-26-35-23-32-10-3-4-11-33(32)24-36(35)27-45(43)52(44)49/h3-28H,1-2H3. The third-order valence-corrected chi connectivity index (χ3v) is 13.1. The average Bonchev–Trinajstić information content (AvgIpc) is 3.83. The van der Waals surface area contributed by atoms with Crippen molar-refractivity contribution in [1.29, 1.82) is 0 Å². The first-order valence-electron chi connectivity index (χ1n) is 18.4. The highest BCUT2D eigenvalue weighted by Crippen LogP contribution is 2.50. The molecule has 0 N–H and O–H groups in total. The number of thiophene rings is 1. The van der Waals surface area contributed by atoms with E-state index in [4.69, 9.17) is 4.98 Å². The molecule has 1 aliphatic rings. The molecule has 0 amide bonds. The van der Waals surface area contributed by atoms with E-state index in [0.29, 0.717) is 0 Å². The molecule has 0 unspecified atom stereocenters. The fourth-order valence-electron chi connectivity index (χ4n) is 9.25. The summed E-state index contributed by atoms with van der Waals surface area (Å²) in [5.74, 6) is 0. The van der Waals surface area contributed by atoms with Gasteiger partial charge >= 0.3 is 0 Å². The number of hydrogen-bond acceptors (Lipinski definition) is 2. The monoisotopic (exact) mass is 692 g/mol. The van der Waals surface area contributed by atoms with Crippen LogP contribution in [0.3, 0.4) is 0 Å². The molecule has 0 aliphatic heterocycles. The number of hydrogen-bond donors (Lipinski definition) is 0. The molecule has 2 nitrogen and oxygen atoms in total. The van der Waals surface area contributed by atoms with Crippen molar-refractivity contribution in [3.63, 3.8) is 0 Å². The Labute approximate surface area is 310 Å². The SMILES string of the molecule is CC1(C)c2ccccc2-c2cc(-c3ccc(-c4cc5c(sc6ccc7ccccc7c65)c5nc6cc7cc8ccccc8cc7cc6n45)cc3)ccc21. The van der Waals surface area contributed by atoms with Crippen molar-refractivity contribution in [2.24, 2.45) is 0 Å². The summed E-state index contributed by atoms with van der Waals surface area (Å²) in [5.41, 5.74) is 13.5. The summed E-state index contributed by atoms with van der Waals surface area (Å²) in [4.78, 5) is 5.44. The van der Waals surface area contributed by atoms with Crippen molar-refractivity contribution in [2.75, 3.05) is 0 Å². The Hall–Kier alpha value is -6.29. The molecule has 0 spiro atoms. The van der Waals surface area contributed by atoms with Crippen molar-refractivity contribution in [1.82, 2.24) is 9.38 Å². The molecule has 12 rings (SSSR count). The first-order chi connectivity index (χ1) is 26.0. The first-order valence-corrected chi connectivity index (χ1v) is 19.2. The van der Waals surface area contributed by atoms with Gasteiger partial charge in [-0.15, -0.1) is 11.3 Å². The highest BCUT2D eigenvalue weighted by Gasteiger charge is 2.35. The zero-order valence-electron chi connectivity index (χ0n) is 29.3. The van der Waals surface area contributed by atoms with Crippen LogP contribution in [0.2, 0.25) is 0 Å². The van der Waals surface area contributed by atoms with Gasteiger partial charge < -0.3 is 0 Å². The van der Waals surface area contributed by atoms with E-state index in [1.54, 1.807) is 0 Å². The zero-order chi connectivity index (χ0) is 35.0. The Kier molecular flexibility index (Phi) is 5.75. The molecule has 3 heterocycles. The third-order valence-electron chi connectivity index (χ3n) is 11.9. The quantitative estimate of drug-likeness (QED) is 0.165. The molecule has 3 aromatic heterocycles. The minimum absolute atomic E-state index is 0.00147. The fraction of sp³-hybridized carbons (Fsp3) is 0.0600. The van der Waals surface area contributed by atoms with Crippen LogP contribution in [-0.4, -0.2) is 9.38 Å². The number of imidazole rings is 1. The summed E-state index contributed by atoms with van der Waals surface area (Å²) in [6.45, 7) is 4.68. The van der Waals surface area contributed by atoms with Gasteiger partial charge in [0.2, 0.25) is 0 Å². The second-order valence-corrected chi connectivity index (χ2v) is 16.3. The van der Waals surface area contributed by atoms with Crippen molar-refractivity contribution < 1.29 is 0 Å². The van der Waals surface area contributed by atoms with E-state index in [0.717, 1.165) is 22.4 Å². The van der Waals surface area contributed by atoms with Crippen LogP contribution in [0.1, 0.15) is 25.0 Å². The van der Waals surface area contributed by atoms with Crippen molar-refractivity contribution in [3.8, 4) is 33.5 Å². The van der Waals surface area contributed by atoms with Gasteiger partial charge in [0.05, 0.1) is 21.4 Å². The third kappa shape index (κ3) is 4.06. The molecule has 0 saturated heterocycles. The largest absolute Gasteiger partial charge is 0.291 e. The number of aromatic nitrogens is 2. The van der Waals surface area contributed by atoms with Crippen LogP contribution < -0.4 is 0 Å². The molecule has 53 heavy (non-hydrogen) atoms. The number of rotatable bonds is 2. The van der Waals surface area contributed by atoms with Gasteiger partial charge in [0, 0.05) is 20.9 Å². The van der Waals surface area contributed by atoms with Crippen LogP contribution in [0.15, 0.2) is 158 Å². The van der Waals surface area contributed by atoms with Crippen molar-refractivity contribution >= 4 is 80.5 Å². The lowest BCUT2D eigenvalue weighted by atomic mass is 9.82. The van der Waals surface area contributed by atoms with Gasteiger partial charge in [-0.05, 0) is 114 Å². The average molecular weight is 693 g/mol. The van der Waals surface area contributed by atoms with Gasteiger partial charge in [-0.25, -0.2) is 4.98 Å². The lowest BCUT2D eigenvalue weighted by Crippen LogP contribution is -2.14. The summed E-state index contributed by atoms with van der Waals surface area (Å²) in [6.07, 6.45) is 0. The first kappa shape index (κ1) is 29.3. The Balaban J connectivity index is 1.10. The summed E-state index contributed by atoms with van der Waals surface area (Å²) >= 11 is 1.85. The van der Waals surface area contributed by atoms with Crippen LogP contribution in [0.4, 0.5) is 0 Å². The number of fused-ring (bicyclic) bond motifs is 14. The van der Waals surface area contributed by atoms with Crippen LogP contribution in [-0.2, 0) is 5.41 Å². The van der Waals surface area contributed by atoms with E-state index >= 15 is 0 Å². The van der Waals surface area contributed by atoms with Gasteiger partial charge in [0.1, 0.15) is 0 Å². The predicted molar refractivity (Wildman–Crippen MR) is 227 cm³/mol. The lowest BCUT2D eigenvalue weighted by molar-refractivity contribution is 0.660. The summed E-state index contributed by atoms with van der Waals surface area (Å²) in [6, 6.07) is 58.7. The maximum Gasteiger partial charge on any atom is 0.156 e. The molecule has 0 radical (unpaired) electrons. The Bertz CT molecular complexity index is 3360. The number of nitrogens with zero attached hydrogens (tertiary/aromatic N) is 2. The minimum Gasteiger partial charge on any atom is -0.291 e. The molecule has 1 aliphatic carbocycles. The zero-order valence-corrected chi connectivity index (χ0v) is 30.1. The molecule has 8 aromatic carbocycles. The maximum atomic E-state index is 5.44. The molecule has 0 atom stereocenters. The van der Waals surface area contributed by atoms with Crippen LogP contribution >= 0.6 is 11.3 Å². The second kappa shape index (κ2) is 10.4. The van der Waals surface area contributed by atoms with Gasteiger partial charge in [0.25, 0.3) is 0 Å². The lowest BCUT2D eigenvalue weighted by Gasteiger charge is -2.21. The fourth-order valence-corrected chi connectivity index (χ4v) is 10.4. The van der Waals surface area contributed by atoms with Crippen LogP contribution in [0, 0.1) is 0 Å². The molecular weight excluding hydrogens is 661 g/mol. The molecule has 0 fully saturated rings. The maximum absolute atomic E-state index is 5.44. The number of benzene rings is 8. The predicted octanol–water partition coefficient (Wildman–Crippen LogP) is 14.0. The van der Waals surface area contributed by atoms with E-state index in [-0.39, 0.29) is 5.41 Å². The Morgan fingerprint density at radius 3 is 2.02 bits per heavy atom. The molecule has 0 saturated carbocycles. The molecule has 248 valence electrons. The summed E-state index contributed by atoms with van der Waals surface area (Å²) in [7, 11) is 0. The van der Waals surface area contributed by atoms with Gasteiger partial charge in [-0.2, -0.15) is 0 Å². The van der Waals surface area contributed by atoms with Crippen LogP contribution in [0.25, 0.3) is 103 Å². The normalized spacial score (nSPS) is 13.6. The van der Waals surface area contributed by atoms with Crippen molar-refractivity contribution in [3.05, 3.63) is 169 Å². The summed E-state index contributed by atoms with van der Waals surface area (Å²) < 4.78 is 4.93. The van der Waals surface area contributed by atoms with E-state index in [2.05, 4.69) is 176 Å². The highest BCUT2D eigenvalue weighted by atomic mass is 32.1. The highest BCUT2D eigenvalue weighted by molar-refractivity contribution is 7.26. The van der Waals surface area contributed by atoms with E-state index < -0.39 is 0 Å². The molecule has 3 heteroatoms. The number of pyridine rings is 1. The van der Waals surface area contributed by atoms with Crippen molar-refractivity contribution in [2.45, 2.75) is 19.3 Å². The molecule has 0 bridgehead atoms. The Morgan fingerprint density at radius 1 is 0.509 bits per heavy atom.